The van der Waals surface area contributed by atoms with Crippen LogP contribution in [0.2, 0.25) is 0 Å². The van der Waals surface area contributed by atoms with Crippen LogP contribution in [0.3, 0.4) is 0 Å². The third kappa shape index (κ3) is 5.56. The van der Waals surface area contributed by atoms with E-state index in [4.69, 9.17) is 0 Å². The number of carbonyl (C=O) groups is 3. The summed E-state index contributed by atoms with van der Waals surface area (Å²) in [6.45, 7) is 6.06. The molecule has 0 radical (unpaired) electrons. The SMILES string of the molecule is CC(C)C(=O)C(NC(=O)c1ccc(N2CCN(C(=O)C3CC3)CC2)c(F)c1)C1CCCCC1. The minimum atomic E-state index is -0.516. The van der Waals surface area contributed by atoms with E-state index in [0.717, 1.165) is 38.5 Å². The highest BCUT2D eigenvalue weighted by Gasteiger charge is 2.35. The summed E-state index contributed by atoms with van der Waals surface area (Å²) < 4.78 is 15.0. The summed E-state index contributed by atoms with van der Waals surface area (Å²) in [4.78, 5) is 41.9. The third-order valence-corrected chi connectivity index (χ3v) is 7.35. The molecule has 2 aliphatic carbocycles. The van der Waals surface area contributed by atoms with Crippen molar-refractivity contribution < 1.29 is 18.8 Å². The monoisotopic (exact) mass is 457 g/mol. The molecule has 0 bridgehead atoms. The topological polar surface area (TPSA) is 69.7 Å². The Kier molecular flexibility index (Phi) is 7.35. The van der Waals surface area contributed by atoms with E-state index in [9.17, 15) is 18.8 Å². The van der Waals surface area contributed by atoms with Crippen LogP contribution in [0, 0.1) is 23.6 Å². The molecule has 3 fully saturated rings. The van der Waals surface area contributed by atoms with E-state index in [-0.39, 0.29) is 35.0 Å². The number of carbonyl (C=O) groups excluding carboxylic acids is 3. The number of ketones is 1. The molecule has 1 aliphatic heterocycles. The quantitative estimate of drug-likeness (QED) is 0.676. The highest BCUT2D eigenvalue weighted by Crippen LogP contribution is 2.32. The van der Waals surface area contributed by atoms with Gasteiger partial charge in [-0.2, -0.15) is 0 Å². The number of amides is 2. The van der Waals surface area contributed by atoms with Crippen LogP contribution in [0.5, 0.6) is 0 Å². The van der Waals surface area contributed by atoms with Crippen LogP contribution in [0.1, 0.15) is 69.2 Å². The van der Waals surface area contributed by atoms with Crippen molar-refractivity contribution in [1.82, 2.24) is 10.2 Å². The Labute approximate surface area is 195 Å². The van der Waals surface area contributed by atoms with Gasteiger partial charge in [-0.25, -0.2) is 4.39 Å². The lowest BCUT2D eigenvalue weighted by molar-refractivity contribution is -0.132. The third-order valence-electron chi connectivity index (χ3n) is 7.35. The van der Waals surface area contributed by atoms with Gasteiger partial charge in [0.15, 0.2) is 5.78 Å². The zero-order valence-electron chi connectivity index (χ0n) is 19.8. The molecule has 1 atom stereocenters. The van der Waals surface area contributed by atoms with Gasteiger partial charge in [-0.1, -0.05) is 33.1 Å². The number of hydrogen-bond acceptors (Lipinski definition) is 4. The molecule has 1 heterocycles. The van der Waals surface area contributed by atoms with Crippen LogP contribution in [-0.2, 0) is 9.59 Å². The molecular weight excluding hydrogens is 421 g/mol. The Balaban J connectivity index is 1.40. The average molecular weight is 458 g/mol. The minimum absolute atomic E-state index is 0.0472. The van der Waals surface area contributed by atoms with Crippen molar-refractivity contribution in [3.8, 4) is 0 Å². The first-order valence-corrected chi connectivity index (χ1v) is 12.5. The van der Waals surface area contributed by atoms with Gasteiger partial charge in [-0.3, -0.25) is 14.4 Å². The number of piperazine rings is 1. The maximum Gasteiger partial charge on any atom is 0.251 e. The molecule has 1 saturated heterocycles. The normalized spacial score (nSPS) is 20.6. The Morgan fingerprint density at radius 3 is 2.21 bits per heavy atom. The summed E-state index contributed by atoms with van der Waals surface area (Å²) in [5, 5.41) is 2.93. The number of Topliss-reactive ketones (excluding diaryl/α,β-unsaturated/α-hetero) is 1. The van der Waals surface area contributed by atoms with Gasteiger partial charge in [0.1, 0.15) is 5.82 Å². The van der Waals surface area contributed by atoms with Crippen molar-refractivity contribution in [2.24, 2.45) is 17.8 Å². The zero-order chi connectivity index (χ0) is 23.5. The second-order valence-electron chi connectivity index (χ2n) is 10.2. The molecule has 2 saturated carbocycles. The van der Waals surface area contributed by atoms with Crippen molar-refractivity contribution in [3.63, 3.8) is 0 Å². The first kappa shape index (κ1) is 23.7. The van der Waals surface area contributed by atoms with Gasteiger partial charge in [0.25, 0.3) is 5.91 Å². The number of nitrogens with one attached hydrogen (secondary N) is 1. The van der Waals surface area contributed by atoms with E-state index in [1.54, 1.807) is 12.1 Å². The summed E-state index contributed by atoms with van der Waals surface area (Å²) in [7, 11) is 0. The minimum Gasteiger partial charge on any atom is -0.366 e. The standard InChI is InChI=1S/C26H36FN3O3/c1-17(2)24(31)23(18-6-4-3-5-7-18)28-25(32)20-10-11-22(21(27)16-20)29-12-14-30(15-13-29)26(33)19-8-9-19/h10-11,16-19,23H,3-9,12-15H2,1-2H3,(H,28,32). The van der Waals surface area contributed by atoms with Gasteiger partial charge in [-0.05, 0) is 49.8 Å². The zero-order valence-corrected chi connectivity index (χ0v) is 19.8. The van der Waals surface area contributed by atoms with Gasteiger partial charge in [0, 0.05) is 43.6 Å². The van der Waals surface area contributed by atoms with E-state index < -0.39 is 17.8 Å². The van der Waals surface area contributed by atoms with Crippen molar-refractivity contribution >= 4 is 23.3 Å². The van der Waals surface area contributed by atoms with Crippen molar-refractivity contribution in [2.45, 2.75) is 64.8 Å². The molecule has 33 heavy (non-hydrogen) atoms. The Bertz CT molecular complexity index is 885. The number of benzene rings is 1. The van der Waals surface area contributed by atoms with Crippen LogP contribution in [0.25, 0.3) is 0 Å². The van der Waals surface area contributed by atoms with Crippen LogP contribution in [0.15, 0.2) is 18.2 Å². The molecule has 180 valence electrons. The molecule has 0 aromatic heterocycles. The molecular formula is C26H36FN3O3. The molecule has 4 rings (SSSR count). The van der Waals surface area contributed by atoms with Gasteiger partial charge < -0.3 is 15.1 Å². The van der Waals surface area contributed by atoms with E-state index in [2.05, 4.69) is 5.32 Å². The van der Waals surface area contributed by atoms with Gasteiger partial charge in [0.2, 0.25) is 5.91 Å². The number of halogens is 1. The van der Waals surface area contributed by atoms with E-state index in [1.165, 1.54) is 12.5 Å². The summed E-state index contributed by atoms with van der Waals surface area (Å²) >= 11 is 0. The number of anilines is 1. The molecule has 1 aromatic carbocycles. The Hall–Kier alpha value is -2.44. The van der Waals surface area contributed by atoms with Crippen LogP contribution >= 0.6 is 0 Å². The fourth-order valence-corrected chi connectivity index (χ4v) is 5.13. The Morgan fingerprint density at radius 1 is 0.970 bits per heavy atom. The maximum absolute atomic E-state index is 15.0. The van der Waals surface area contributed by atoms with Gasteiger partial charge in [-0.15, -0.1) is 0 Å². The van der Waals surface area contributed by atoms with Gasteiger partial charge >= 0.3 is 0 Å². The van der Waals surface area contributed by atoms with Crippen LogP contribution in [0.4, 0.5) is 10.1 Å². The fourth-order valence-electron chi connectivity index (χ4n) is 5.13. The lowest BCUT2D eigenvalue weighted by Crippen LogP contribution is -2.49. The van der Waals surface area contributed by atoms with Gasteiger partial charge in [0.05, 0.1) is 11.7 Å². The molecule has 7 heteroatoms. The second-order valence-corrected chi connectivity index (χ2v) is 10.2. The second kappa shape index (κ2) is 10.2. The highest BCUT2D eigenvalue weighted by molar-refractivity contribution is 5.98. The molecule has 0 spiro atoms. The smallest absolute Gasteiger partial charge is 0.251 e. The molecule has 2 amide bonds. The van der Waals surface area contributed by atoms with Crippen molar-refractivity contribution in [1.29, 1.82) is 0 Å². The van der Waals surface area contributed by atoms with E-state index in [1.807, 2.05) is 23.6 Å². The molecule has 3 aliphatic rings. The predicted molar refractivity (Wildman–Crippen MR) is 126 cm³/mol. The highest BCUT2D eigenvalue weighted by atomic mass is 19.1. The summed E-state index contributed by atoms with van der Waals surface area (Å²) in [6, 6.07) is 4.03. The Morgan fingerprint density at radius 2 is 1.64 bits per heavy atom. The molecule has 1 unspecified atom stereocenters. The summed E-state index contributed by atoms with van der Waals surface area (Å²) in [5.74, 6) is -0.389. The maximum atomic E-state index is 15.0. The number of nitrogens with zero attached hydrogens (tertiary/aromatic N) is 2. The fraction of sp³-hybridized carbons (Fsp3) is 0.654. The van der Waals surface area contributed by atoms with Crippen molar-refractivity contribution in [3.05, 3.63) is 29.6 Å². The van der Waals surface area contributed by atoms with Crippen molar-refractivity contribution in [2.75, 3.05) is 31.1 Å². The molecule has 1 aromatic rings. The number of rotatable bonds is 7. The number of hydrogen-bond donors (Lipinski definition) is 1. The lowest BCUT2D eigenvalue weighted by atomic mass is 9.80. The first-order chi connectivity index (χ1) is 15.8. The average Bonchev–Trinajstić information content (AvgIpc) is 3.67. The summed E-state index contributed by atoms with van der Waals surface area (Å²) in [6.07, 6.45) is 7.17. The predicted octanol–water partition coefficient (Wildman–Crippen LogP) is 3.79. The summed E-state index contributed by atoms with van der Waals surface area (Å²) in [5.41, 5.74) is 0.684. The first-order valence-electron chi connectivity index (χ1n) is 12.5. The van der Waals surface area contributed by atoms with Crippen LogP contribution < -0.4 is 10.2 Å². The van der Waals surface area contributed by atoms with Crippen LogP contribution in [-0.4, -0.2) is 54.7 Å². The van der Waals surface area contributed by atoms with E-state index >= 15 is 0 Å². The lowest BCUT2D eigenvalue weighted by Gasteiger charge is -2.36. The molecule has 1 N–H and O–H groups in total. The molecule has 6 nitrogen and oxygen atoms in total. The van der Waals surface area contributed by atoms with E-state index in [0.29, 0.717) is 31.9 Å². The largest absolute Gasteiger partial charge is 0.366 e.